The fraction of sp³-hybridized carbons (Fsp3) is 0.125. The van der Waals surface area contributed by atoms with Gasteiger partial charge in [0.2, 0.25) is 0 Å². The van der Waals surface area contributed by atoms with Gasteiger partial charge in [0.05, 0.1) is 15.8 Å². The maximum absolute atomic E-state index is 13.4. The molecule has 2 aromatic carbocycles. The van der Waals surface area contributed by atoms with Crippen LogP contribution >= 0.6 is 11.3 Å². The van der Waals surface area contributed by atoms with E-state index in [1.54, 1.807) is 6.07 Å². The van der Waals surface area contributed by atoms with Crippen molar-refractivity contribution in [3.05, 3.63) is 53.8 Å². The van der Waals surface area contributed by atoms with Crippen molar-refractivity contribution in [1.29, 1.82) is 0 Å². The van der Waals surface area contributed by atoms with E-state index in [-0.39, 0.29) is 16.4 Å². The van der Waals surface area contributed by atoms with E-state index < -0.39 is 30.1 Å². The van der Waals surface area contributed by atoms with Gasteiger partial charge in [-0.1, -0.05) is 29.5 Å². The van der Waals surface area contributed by atoms with Crippen LogP contribution in [0.25, 0.3) is 10.2 Å². The SMILES string of the molecule is O=C(COc1ccccc1F)Nc1nc2c(C(F)(F)F)cccc2s1. The minimum Gasteiger partial charge on any atom is -0.481 e. The van der Waals surface area contributed by atoms with Gasteiger partial charge in [0, 0.05) is 0 Å². The van der Waals surface area contributed by atoms with Crippen molar-refractivity contribution in [2.75, 3.05) is 11.9 Å². The largest absolute Gasteiger partial charge is 0.481 e. The Morgan fingerprint density at radius 2 is 1.92 bits per heavy atom. The quantitative estimate of drug-likeness (QED) is 0.690. The predicted octanol–water partition coefficient (Wildman–Crippen LogP) is 4.47. The number of fused-ring (bicyclic) bond motifs is 1. The molecule has 0 atom stereocenters. The minimum absolute atomic E-state index is 0.00818. The van der Waals surface area contributed by atoms with E-state index >= 15 is 0 Å². The molecule has 0 unspecified atom stereocenters. The first-order valence-corrected chi connectivity index (χ1v) is 7.80. The molecule has 1 amide bonds. The summed E-state index contributed by atoms with van der Waals surface area (Å²) >= 11 is 0.908. The Kier molecular flexibility index (Phi) is 4.58. The maximum Gasteiger partial charge on any atom is 0.418 e. The zero-order chi connectivity index (χ0) is 18.0. The number of rotatable bonds is 4. The molecule has 130 valence electrons. The molecular weight excluding hydrogens is 360 g/mol. The summed E-state index contributed by atoms with van der Waals surface area (Å²) in [5.41, 5.74) is -1.10. The topological polar surface area (TPSA) is 51.2 Å². The molecule has 3 rings (SSSR count). The van der Waals surface area contributed by atoms with Crippen LogP contribution in [0.4, 0.5) is 22.7 Å². The number of nitrogens with zero attached hydrogens (tertiary/aromatic N) is 1. The van der Waals surface area contributed by atoms with E-state index in [9.17, 15) is 22.4 Å². The number of hydrogen-bond acceptors (Lipinski definition) is 4. The number of carbonyl (C=O) groups excluding carboxylic acids is 1. The Bertz CT molecular complexity index is 924. The monoisotopic (exact) mass is 370 g/mol. The molecule has 1 heterocycles. The summed E-state index contributed by atoms with van der Waals surface area (Å²) in [5.74, 6) is -1.37. The molecule has 9 heteroatoms. The van der Waals surface area contributed by atoms with Crippen molar-refractivity contribution >= 4 is 32.6 Å². The average molecular weight is 370 g/mol. The summed E-state index contributed by atoms with van der Waals surface area (Å²) in [4.78, 5) is 15.7. The molecule has 3 aromatic rings. The van der Waals surface area contributed by atoms with Gasteiger partial charge in [0.15, 0.2) is 23.3 Å². The van der Waals surface area contributed by atoms with Crippen LogP contribution in [0.1, 0.15) is 5.56 Å². The van der Waals surface area contributed by atoms with Gasteiger partial charge in [-0.05, 0) is 24.3 Å². The Balaban J connectivity index is 1.73. The summed E-state index contributed by atoms with van der Waals surface area (Å²) in [6.45, 7) is -0.497. The van der Waals surface area contributed by atoms with Crippen molar-refractivity contribution < 1.29 is 27.1 Å². The molecule has 25 heavy (non-hydrogen) atoms. The first kappa shape index (κ1) is 17.2. The lowest BCUT2D eigenvalue weighted by molar-refractivity contribution is -0.136. The molecule has 0 aliphatic carbocycles. The average Bonchev–Trinajstić information content (AvgIpc) is 2.95. The summed E-state index contributed by atoms with van der Waals surface area (Å²) < 4.78 is 57.6. The van der Waals surface area contributed by atoms with Gasteiger partial charge in [-0.25, -0.2) is 9.37 Å². The molecule has 0 aliphatic rings. The standard InChI is InChI=1S/C16H10F4N2O2S/c17-10-5-1-2-6-11(10)24-8-13(23)21-15-22-14-9(16(18,19)20)4-3-7-12(14)25-15/h1-7H,8H2,(H,21,22,23). The number of nitrogens with one attached hydrogen (secondary N) is 1. The van der Waals surface area contributed by atoms with Crippen LogP contribution in [0.2, 0.25) is 0 Å². The van der Waals surface area contributed by atoms with Gasteiger partial charge in [-0.2, -0.15) is 13.2 Å². The molecule has 0 saturated carbocycles. The maximum atomic E-state index is 13.4. The predicted molar refractivity (Wildman–Crippen MR) is 85.1 cm³/mol. The van der Waals surface area contributed by atoms with E-state index in [4.69, 9.17) is 4.74 Å². The molecular formula is C16H10F4N2O2S. The number of ether oxygens (including phenoxy) is 1. The zero-order valence-electron chi connectivity index (χ0n) is 12.4. The van der Waals surface area contributed by atoms with Crippen LogP contribution in [0.5, 0.6) is 5.75 Å². The molecule has 0 aliphatic heterocycles. The van der Waals surface area contributed by atoms with Gasteiger partial charge >= 0.3 is 6.18 Å². The van der Waals surface area contributed by atoms with Crippen LogP contribution in [0.15, 0.2) is 42.5 Å². The number of amides is 1. The second-order valence-electron chi connectivity index (χ2n) is 4.94. The molecule has 0 radical (unpaired) electrons. The Morgan fingerprint density at radius 1 is 1.16 bits per heavy atom. The fourth-order valence-corrected chi connectivity index (χ4v) is 3.00. The summed E-state index contributed by atoms with van der Waals surface area (Å²) in [7, 11) is 0. The number of hydrogen-bond donors (Lipinski definition) is 1. The van der Waals surface area contributed by atoms with Crippen molar-refractivity contribution in [3.8, 4) is 5.75 Å². The Hall–Kier alpha value is -2.68. The van der Waals surface area contributed by atoms with Gasteiger partial charge in [0.25, 0.3) is 5.91 Å². The number of anilines is 1. The second kappa shape index (κ2) is 6.67. The highest BCUT2D eigenvalue weighted by molar-refractivity contribution is 7.22. The van der Waals surface area contributed by atoms with Crippen molar-refractivity contribution in [1.82, 2.24) is 4.98 Å². The summed E-state index contributed by atoms with van der Waals surface area (Å²) in [6.07, 6.45) is -4.54. The van der Waals surface area contributed by atoms with Crippen LogP contribution in [0, 0.1) is 5.82 Å². The van der Waals surface area contributed by atoms with Crippen LogP contribution < -0.4 is 10.1 Å². The number of benzene rings is 2. The normalized spacial score (nSPS) is 11.5. The number of alkyl halides is 3. The number of aromatic nitrogens is 1. The van der Waals surface area contributed by atoms with Gasteiger partial charge < -0.3 is 4.74 Å². The van der Waals surface area contributed by atoms with Crippen molar-refractivity contribution in [2.24, 2.45) is 0 Å². The van der Waals surface area contributed by atoms with Gasteiger partial charge in [-0.15, -0.1) is 0 Å². The van der Waals surface area contributed by atoms with Gasteiger partial charge in [0.1, 0.15) is 0 Å². The van der Waals surface area contributed by atoms with Crippen molar-refractivity contribution in [2.45, 2.75) is 6.18 Å². The van der Waals surface area contributed by atoms with E-state index in [0.29, 0.717) is 4.70 Å². The summed E-state index contributed by atoms with van der Waals surface area (Å²) in [5, 5.41) is 2.36. The summed E-state index contributed by atoms with van der Waals surface area (Å²) in [6, 6.07) is 9.23. The van der Waals surface area contributed by atoms with E-state index in [0.717, 1.165) is 17.4 Å². The third-order valence-corrected chi connectivity index (χ3v) is 4.10. The van der Waals surface area contributed by atoms with E-state index in [1.165, 1.54) is 30.3 Å². The third-order valence-electron chi connectivity index (χ3n) is 3.17. The highest BCUT2D eigenvalue weighted by Gasteiger charge is 2.33. The molecule has 1 aromatic heterocycles. The lowest BCUT2D eigenvalue weighted by atomic mass is 10.2. The Labute approximate surface area is 143 Å². The third kappa shape index (κ3) is 3.87. The molecule has 0 saturated heterocycles. The smallest absolute Gasteiger partial charge is 0.418 e. The second-order valence-corrected chi connectivity index (χ2v) is 5.97. The van der Waals surface area contributed by atoms with Gasteiger partial charge in [-0.3, -0.25) is 10.1 Å². The minimum atomic E-state index is -4.54. The lowest BCUT2D eigenvalue weighted by Gasteiger charge is -2.06. The van der Waals surface area contributed by atoms with Crippen LogP contribution in [0.3, 0.4) is 0 Å². The first-order chi connectivity index (χ1) is 11.8. The number of carbonyl (C=O) groups is 1. The molecule has 0 bridgehead atoms. The number of para-hydroxylation sites is 2. The van der Waals surface area contributed by atoms with E-state index in [2.05, 4.69) is 10.3 Å². The van der Waals surface area contributed by atoms with E-state index in [1.807, 2.05) is 0 Å². The lowest BCUT2D eigenvalue weighted by Crippen LogP contribution is -2.20. The first-order valence-electron chi connectivity index (χ1n) is 6.98. The van der Waals surface area contributed by atoms with Crippen LogP contribution in [-0.4, -0.2) is 17.5 Å². The highest BCUT2D eigenvalue weighted by atomic mass is 32.1. The van der Waals surface area contributed by atoms with Crippen molar-refractivity contribution in [3.63, 3.8) is 0 Å². The molecule has 0 fully saturated rings. The molecule has 1 N–H and O–H groups in total. The molecule has 4 nitrogen and oxygen atoms in total. The highest BCUT2D eigenvalue weighted by Crippen LogP contribution is 2.37. The van der Waals surface area contributed by atoms with Crippen LogP contribution in [-0.2, 0) is 11.0 Å². The fourth-order valence-electron chi connectivity index (χ4n) is 2.09. The Morgan fingerprint density at radius 3 is 2.64 bits per heavy atom. The molecule has 0 spiro atoms. The number of halogens is 4. The number of thiazole rings is 1. The zero-order valence-corrected chi connectivity index (χ0v) is 13.2.